The predicted octanol–water partition coefficient (Wildman–Crippen LogP) is 3.98. The van der Waals surface area contributed by atoms with Gasteiger partial charge in [-0.15, -0.1) is 0 Å². The number of carbonyl (C=O) groups is 1. The summed E-state index contributed by atoms with van der Waals surface area (Å²) in [5.74, 6) is 0.955. The third kappa shape index (κ3) is 6.54. The fraction of sp³-hybridized carbons (Fsp3) is 0.222. The topological polar surface area (TPSA) is 71.4 Å². The van der Waals surface area contributed by atoms with Gasteiger partial charge in [0.1, 0.15) is 31.1 Å². The first kappa shape index (κ1) is 18.9. The van der Waals surface area contributed by atoms with E-state index in [0.717, 1.165) is 5.56 Å². The van der Waals surface area contributed by atoms with Crippen LogP contribution in [0, 0.1) is 11.3 Å². The number of halogens is 2. The minimum Gasteiger partial charge on any atom is -0.490 e. The Morgan fingerprint density at radius 2 is 1.80 bits per heavy atom. The fourth-order valence-electron chi connectivity index (χ4n) is 1.94. The van der Waals surface area contributed by atoms with Crippen LogP contribution < -0.4 is 14.8 Å². The van der Waals surface area contributed by atoms with Crippen molar-refractivity contribution in [2.45, 2.75) is 13.0 Å². The molecule has 0 saturated carbocycles. The van der Waals surface area contributed by atoms with Crippen LogP contribution in [0.25, 0.3) is 0 Å². The van der Waals surface area contributed by atoms with Crippen molar-refractivity contribution in [2.75, 3.05) is 13.2 Å². The predicted molar refractivity (Wildman–Crippen MR) is 96.0 cm³/mol. The molecule has 0 aliphatic heterocycles. The van der Waals surface area contributed by atoms with E-state index in [1.54, 1.807) is 36.4 Å². The first-order chi connectivity index (χ1) is 12.1. The first-order valence-electron chi connectivity index (χ1n) is 7.51. The number of carbonyl (C=O) groups excluding carboxylic acids is 1. The van der Waals surface area contributed by atoms with Gasteiger partial charge in [0, 0.05) is 11.6 Å². The second-order valence-corrected chi connectivity index (χ2v) is 5.87. The van der Waals surface area contributed by atoms with Crippen molar-refractivity contribution in [1.82, 2.24) is 5.32 Å². The Hall–Kier alpha value is -2.42. The van der Waals surface area contributed by atoms with Crippen LogP contribution in [0.5, 0.6) is 11.5 Å². The normalized spacial score (nSPS) is 9.96. The van der Waals surface area contributed by atoms with Gasteiger partial charge in [-0.1, -0.05) is 35.3 Å². The number of hydrogen-bond acceptors (Lipinski definition) is 4. The van der Waals surface area contributed by atoms with Crippen LogP contribution in [0.15, 0.2) is 42.5 Å². The molecule has 0 saturated heterocycles. The van der Waals surface area contributed by atoms with E-state index in [4.69, 9.17) is 37.9 Å². The molecule has 25 heavy (non-hydrogen) atoms. The van der Waals surface area contributed by atoms with Crippen molar-refractivity contribution in [1.29, 1.82) is 5.26 Å². The third-order valence-corrected chi connectivity index (χ3v) is 3.69. The number of benzene rings is 2. The highest BCUT2D eigenvalue weighted by Gasteiger charge is 2.03. The minimum atomic E-state index is -0.291. The number of ether oxygens (including phenoxy) is 2. The highest BCUT2D eigenvalue weighted by Crippen LogP contribution is 2.27. The molecule has 0 spiro atoms. The van der Waals surface area contributed by atoms with Gasteiger partial charge >= 0.3 is 0 Å². The van der Waals surface area contributed by atoms with E-state index in [1.165, 1.54) is 0 Å². The number of hydrogen-bond donors (Lipinski definition) is 1. The molecule has 1 N–H and O–H groups in total. The number of nitriles is 1. The van der Waals surface area contributed by atoms with Gasteiger partial charge in [0.2, 0.25) is 5.91 Å². The molecule has 2 rings (SSSR count). The highest BCUT2D eigenvalue weighted by molar-refractivity contribution is 6.35. The Morgan fingerprint density at radius 1 is 1.08 bits per heavy atom. The molecular weight excluding hydrogens is 363 g/mol. The molecule has 0 radical (unpaired) electrons. The van der Waals surface area contributed by atoms with E-state index < -0.39 is 0 Å². The van der Waals surface area contributed by atoms with Gasteiger partial charge in [-0.2, -0.15) is 5.26 Å². The smallest absolute Gasteiger partial charge is 0.234 e. The molecule has 2 aromatic rings. The Balaban J connectivity index is 1.72. The van der Waals surface area contributed by atoms with E-state index in [2.05, 4.69) is 5.32 Å². The maximum atomic E-state index is 11.2. The summed E-state index contributed by atoms with van der Waals surface area (Å²) < 4.78 is 11.1. The Labute approximate surface area is 156 Å². The zero-order valence-corrected chi connectivity index (χ0v) is 14.8. The molecule has 0 fully saturated rings. The maximum Gasteiger partial charge on any atom is 0.234 e. The van der Waals surface area contributed by atoms with Crippen LogP contribution in [-0.4, -0.2) is 19.1 Å². The Morgan fingerprint density at radius 3 is 2.48 bits per heavy atom. The molecule has 0 aliphatic rings. The largest absolute Gasteiger partial charge is 0.490 e. The lowest BCUT2D eigenvalue weighted by molar-refractivity contribution is -0.120. The number of nitrogens with zero attached hydrogens (tertiary/aromatic N) is 1. The van der Waals surface area contributed by atoms with Gasteiger partial charge < -0.3 is 14.8 Å². The molecule has 2 aromatic carbocycles. The average molecular weight is 379 g/mol. The summed E-state index contributed by atoms with van der Waals surface area (Å²) in [6.07, 6.45) is -0.140. The summed E-state index contributed by atoms with van der Waals surface area (Å²) in [4.78, 5) is 11.2. The van der Waals surface area contributed by atoms with E-state index >= 15 is 0 Å². The lowest BCUT2D eigenvalue weighted by Crippen LogP contribution is -2.21. The van der Waals surface area contributed by atoms with Crippen LogP contribution in [0.2, 0.25) is 10.0 Å². The average Bonchev–Trinajstić information content (AvgIpc) is 2.60. The molecular formula is C18H16Cl2N2O3. The monoisotopic (exact) mass is 378 g/mol. The van der Waals surface area contributed by atoms with E-state index in [-0.39, 0.29) is 12.3 Å². The summed E-state index contributed by atoms with van der Waals surface area (Å²) in [6, 6.07) is 14.1. The van der Waals surface area contributed by atoms with Crippen LogP contribution in [0.4, 0.5) is 0 Å². The van der Waals surface area contributed by atoms with Crippen molar-refractivity contribution >= 4 is 29.1 Å². The summed E-state index contributed by atoms with van der Waals surface area (Å²) in [5, 5.41) is 12.1. The lowest BCUT2D eigenvalue weighted by atomic mass is 10.2. The SMILES string of the molecule is N#CCC(=O)NCc1ccc(OCCOc2ccc(Cl)cc2Cl)cc1. The van der Waals surface area contributed by atoms with E-state index in [9.17, 15) is 4.79 Å². The second kappa shape index (κ2) is 9.77. The second-order valence-electron chi connectivity index (χ2n) is 5.03. The zero-order chi connectivity index (χ0) is 18.1. The third-order valence-electron chi connectivity index (χ3n) is 3.16. The van der Waals surface area contributed by atoms with Crippen molar-refractivity contribution in [2.24, 2.45) is 0 Å². The van der Waals surface area contributed by atoms with Gasteiger partial charge in [0.15, 0.2) is 0 Å². The highest BCUT2D eigenvalue weighted by atomic mass is 35.5. The molecule has 0 aliphatic carbocycles. The number of nitrogens with one attached hydrogen (secondary N) is 1. The quantitative estimate of drug-likeness (QED) is 0.705. The molecule has 0 unspecified atom stereocenters. The first-order valence-corrected chi connectivity index (χ1v) is 8.27. The number of amides is 1. The summed E-state index contributed by atoms with van der Waals surface area (Å²) in [6.45, 7) is 1.07. The molecule has 0 atom stereocenters. The standard InChI is InChI=1S/C18H16Cl2N2O3/c19-14-3-6-17(16(20)11-14)25-10-9-24-15-4-1-13(2-5-15)12-22-18(23)7-8-21/h1-6,11H,7,9-10,12H2,(H,22,23). The maximum absolute atomic E-state index is 11.2. The molecule has 0 aromatic heterocycles. The molecule has 0 heterocycles. The minimum absolute atomic E-state index is 0.140. The summed E-state index contributed by atoms with van der Waals surface area (Å²) in [5.41, 5.74) is 0.919. The van der Waals surface area contributed by atoms with Crippen molar-refractivity contribution in [3.05, 3.63) is 58.1 Å². The van der Waals surface area contributed by atoms with Crippen LogP contribution >= 0.6 is 23.2 Å². The Kier molecular flexibility index (Phi) is 7.39. The molecule has 0 bridgehead atoms. The van der Waals surface area contributed by atoms with Gasteiger partial charge in [0.25, 0.3) is 0 Å². The molecule has 1 amide bonds. The summed E-state index contributed by atoms with van der Waals surface area (Å²) >= 11 is 11.8. The molecule has 7 heteroatoms. The lowest BCUT2D eigenvalue weighted by Gasteiger charge is -2.10. The number of rotatable bonds is 8. The van der Waals surface area contributed by atoms with Crippen molar-refractivity contribution < 1.29 is 14.3 Å². The molecule has 130 valence electrons. The Bertz CT molecular complexity index is 758. The molecule has 5 nitrogen and oxygen atoms in total. The van der Waals surface area contributed by atoms with E-state index in [1.807, 2.05) is 12.1 Å². The van der Waals surface area contributed by atoms with Crippen LogP contribution in [0.3, 0.4) is 0 Å². The summed E-state index contributed by atoms with van der Waals surface area (Å²) in [7, 11) is 0. The fourth-order valence-corrected chi connectivity index (χ4v) is 2.40. The van der Waals surface area contributed by atoms with Crippen LogP contribution in [0.1, 0.15) is 12.0 Å². The van der Waals surface area contributed by atoms with Gasteiger partial charge in [-0.05, 0) is 35.9 Å². The van der Waals surface area contributed by atoms with Gasteiger partial charge in [0.05, 0.1) is 11.1 Å². The zero-order valence-electron chi connectivity index (χ0n) is 13.3. The van der Waals surface area contributed by atoms with Crippen molar-refractivity contribution in [3.8, 4) is 17.6 Å². The van der Waals surface area contributed by atoms with Gasteiger partial charge in [-0.3, -0.25) is 4.79 Å². The van der Waals surface area contributed by atoms with E-state index in [0.29, 0.717) is 41.3 Å². The van der Waals surface area contributed by atoms with Gasteiger partial charge in [-0.25, -0.2) is 0 Å². The van der Waals surface area contributed by atoms with Crippen molar-refractivity contribution in [3.63, 3.8) is 0 Å². The van der Waals surface area contributed by atoms with Crippen LogP contribution in [-0.2, 0) is 11.3 Å².